The van der Waals surface area contributed by atoms with Crippen LogP contribution in [0, 0.1) is 11.3 Å². The SMILES string of the molecule is Cl.N#Cc1cccc([C@@H]2CCON2)c1. The average molecular weight is 211 g/mol. The van der Waals surface area contributed by atoms with Crippen molar-refractivity contribution in [1.82, 2.24) is 5.48 Å². The van der Waals surface area contributed by atoms with Gasteiger partial charge in [-0.3, -0.25) is 0 Å². The molecule has 0 amide bonds. The summed E-state index contributed by atoms with van der Waals surface area (Å²) in [5, 5.41) is 8.70. The Morgan fingerprint density at radius 3 is 3.00 bits per heavy atom. The molecule has 0 bridgehead atoms. The average Bonchev–Trinajstić information content (AvgIpc) is 2.71. The minimum Gasteiger partial charge on any atom is -0.301 e. The van der Waals surface area contributed by atoms with Gasteiger partial charge in [0.15, 0.2) is 0 Å². The van der Waals surface area contributed by atoms with E-state index >= 15 is 0 Å². The number of nitrogens with zero attached hydrogens (tertiary/aromatic N) is 1. The van der Waals surface area contributed by atoms with Crippen LogP contribution in [0.3, 0.4) is 0 Å². The lowest BCUT2D eigenvalue weighted by Crippen LogP contribution is -2.11. The summed E-state index contributed by atoms with van der Waals surface area (Å²) in [6.07, 6.45) is 0.967. The van der Waals surface area contributed by atoms with Crippen LogP contribution in [0.25, 0.3) is 0 Å². The second-order valence-corrected chi connectivity index (χ2v) is 3.04. The zero-order chi connectivity index (χ0) is 9.10. The Morgan fingerprint density at radius 2 is 2.36 bits per heavy atom. The first-order chi connectivity index (χ1) is 6.40. The van der Waals surface area contributed by atoms with Crippen molar-refractivity contribution in [3.8, 4) is 6.07 Å². The van der Waals surface area contributed by atoms with Crippen molar-refractivity contribution in [3.05, 3.63) is 35.4 Å². The second kappa shape index (κ2) is 4.97. The molecule has 0 radical (unpaired) electrons. The number of nitriles is 1. The number of nitrogens with one attached hydrogen (secondary N) is 1. The van der Waals surface area contributed by atoms with Crippen LogP contribution in [0.5, 0.6) is 0 Å². The number of rotatable bonds is 1. The van der Waals surface area contributed by atoms with E-state index in [0.29, 0.717) is 5.56 Å². The van der Waals surface area contributed by atoms with E-state index in [-0.39, 0.29) is 18.4 Å². The molecule has 74 valence electrons. The maximum atomic E-state index is 8.70. The maximum Gasteiger partial charge on any atom is 0.0991 e. The number of hydrogen-bond donors (Lipinski definition) is 1. The molecule has 1 atom stereocenters. The number of halogens is 1. The van der Waals surface area contributed by atoms with Crippen LogP contribution in [-0.4, -0.2) is 6.61 Å². The van der Waals surface area contributed by atoms with E-state index in [2.05, 4.69) is 11.5 Å². The zero-order valence-electron chi connectivity index (χ0n) is 7.56. The first kappa shape index (κ1) is 11.0. The molecule has 0 aliphatic carbocycles. The summed E-state index contributed by atoms with van der Waals surface area (Å²) >= 11 is 0. The molecule has 1 aromatic carbocycles. The molecule has 1 N–H and O–H groups in total. The van der Waals surface area contributed by atoms with Gasteiger partial charge in [-0.2, -0.15) is 10.7 Å². The Labute approximate surface area is 89.0 Å². The molecule has 4 heteroatoms. The molecule has 1 fully saturated rings. The van der Waals surface area contributed by atoms with Gasteiger partial charge in [-0.05, 0) is 24.1 Å². The largest absolute Gasteiger partial charge is 0.301 e. The summed E-state index contributed by atoms with van der Waals surface area (Å²) in [6, 6.07) is 9.97. The van der Waals surface area contributed by atoms with E-state index in [1.807, 2.05) is 18.2 Å². The summed E-state index contributed by atoms with van der Waals surface area (Å²) in [5.74, 6) is 0. The fourth-order valence-electron chi connectivity index (χ4n) is 1.45. The minimum atomic E-state index is 0. The number of benzene rings is 1. The lowest BCUT2D eigenvalue weighted by molar-refractivity contribution is 0.0883. The molecule has 14 heavy (non-hydrogen) atoms. The van der Waals surface area contributed by atoms with E-state index in [4.69, 9.17) is 10.1 Å². The third-order valence-electron chi connectivity index (χ3n) is 2.15. The first-order valence-corrected chi connectivity index (χ1v) is 4.27. The molecule has 1 saturated heterocycles. The van der Waals surface area contributed by atoms with Gasteiger partial charge in [-0.25, -0.2) is 0 Å². The smallest absolute Gasteiger partial charge is 0.0991 e. The summed E-state index contributed by atoms with van der Waals surface area (Å²) < 4.78 is 0. The molecule has 1 aromatic rings. The molecule has 0 saturated carbocycles. The predicted octanol–water partition coefficient (Wildman–Crippen LogP) is 1.95. The van der Waals surface area contributed by atoms with E-state index in [0.717, 1.165) is 18.6 Å². The number of hydroxylamine groups is 1. The van der Waals surface area contributed by atoms with E-state index < -0.39 is 0 Å². The highest BCUT2D eigenvalue weighted by Gasteiger charge is 2.16. The van der Waals surface area contributed by atoms with Crippen molar-refractivity contribution in [2.24, 2.45) is 0 Å². The molecule has 3 nitrogen and oxygen atoms in total. The summed E-state index contributed by atoms with van der Waals surface area (Å²) in [6.45, 7) is 0.738. The van der Waals surface area contributed by atoms with Crippen LogP contribution >= 0.6 is 12.4 Å². The van der Waals surface area contributed by atoms with Crippen LogP contribution in [-0.2, 0) is 4.84 Å². The Hall–Kier alpha value is -1.08. The van der Waals surface area contributed by atoms with Crippen LogP contribution in [0.1, 0.15) is 23.6 Å². The highest BCUT2D eigenvalue weighted by Crippen LogP contribution is 2.21. The Bertz CT molecular complexity index is 342. The van der Waals surface area contributed by atoms with E-state index in [1.54, 1.807) is 6.07 Å². The third-order valence-corrected chi connectivity index (χ3v) is 2.15. The molecular weight excluding hydrogens is 200 g/mol. The fraction of sp³-hybridized carbons (Fsp3) is 0.300. The predicted molar refractivity (Wildman–Crippen MR) is 54.9 cm³/mol. The molecule has 1 heterocycles. The van der Waals surface area contributed by atoms with Gasteiger partial charge in [0, 0.05) is 0 Å². The normalized spacial score (nSPS) is 19.8. The molecule has 1 aliphatic heterocycles. The second-order valence-electron chi connectivity index (χ2n) is 3.04. The molecule has 0 aromatic heterocycles. The summed E-state index contributed by atoms with van der Waals surface area (Å²) in [5.41, 5.74) is 4.74. The van der Waals surface area contributed by atoms with Crippen molar-refractivity contribution < 1.29 is 4.84 Å². The van der Waals surface area contributed by atoms with Crippen molar-refractivity contribution in [2.75, 3.05) is 6.61 Å². The molecular formula is C10H11ClN2O. The molecule has 0 spiro atoms. The van der Waals surface area contributed by atoms with Crippen molar-refractivity contribution in [2.45, 2.75) is 12.5 Å². The van der Waals surface area contributed by atoms with Crippen LogP contribution < -0.4 is 5.48 Å². The number of hydrogen-bond acceptors (Lipinski definition) is 3. The maximum absolute atomic E-state index is 8.70. The van der Waals surface area contributed by atoms with Gasteiger partial charge in [0.2, 0.25) is 0 Å². The molecule has 2 rings (SSSR count). The fourth-order valence-corrected chi connectivity index (χ4v) is 1.45. The topological polar surface area (TPSA) is 45.0 Å². The van der Waals surface area contributed by atoms with Crippen molar-refractivity contribution in [1.29, 1.82) is 5.26 Å². The van der Waals surface area contributed by atoms with Crippen LogP contribution in [0.15, 0.2) is 24.3 Å². The quantitative estimate of drug-likeness (QED) is 0.771. The Morgan fingerprint density at radius 1 is 1.50 bits per heavy atom. The van der Waals surface area contributed by atoms with Crippen LogP contribution in [0.2, 0.25) is 0 Å². The van der Waals surface area contributed by atoms with Gasteiger partial charge in [-0.15, -0.1) is 12.4 Å². The van der Waals surface area contributed by atoms with Gasteiger partial charge >= 0.3 is 0 Å². The summed E-state index contributed by atoms with van der Waals surface area (Å²) in [7, 11) is 0. The highest BCUT2D eigenvalue weighted by atomic mass is 35.5. The van der Waals surface area contributed by atoms with Crippen LogP contribution in [0.4, 0.5) is 0 Å². The zero-order valence-corrected chi connectivity index (χ0v) is 8.38. The van der Waals surface area contributed by atoms with Crippen molar-refractivity contribution in [3.63, 3.8) is 0 Å². The Kier molecular flexibility index (Phi) is 3.90. The lowest BCUT2D eigenvalue weighted by Gasteiger charge is -2.07. The highest BCUT2D eigenvalue weighted by molar-refractivity contribution is 5.85. The van der Waals surface area contributed by atoms with E-state index in [9.17, 15) is 0 Å². The minimum absolute atomic E-state index is 0. The first-order valence-electron chi connectivity index (χ1n) is 4.27. The third kappa shape index (κ3) is 2.24. The van der Waals surface area contributed by atoms with Gasteiger partial charge in [-0.1, -0.05) is 12.1 Å². The van der Waals surface area contributed by atoms with Gasteiger partial charge in [0.05, 0.1) is 24.3 Å². The monoisotopic (exact) mass is 210 g/mol. The lowest BCUT2D eigenvalue weighted by atomic mass is 10.0. The van der Waals surface area contributed by atoms with Gasteiger partial charge in [0.1, 0.15) is 0 Å². The summed E-state index contributed by atoms with van der Waals surface area (Å²) in [4.78, 5) is 5.05. The van der Waals surface area contributed by atoms with Gasteiger partial charge in [0.25, 0.3) is 0 Å². The Balaban J connectivity index is 0.000000980. The van der Waals surface area contributed by atoms with Crippen molar-refractivity contribution >= 4 is 12.4 Å². The molecule has 1 aliphatic rings. The van der Waals surface area contributed by atoms with Gasteiger partial charge < -0.3 is 4.84 Å². The molecule has 0 unspecified atom stereocenters. The standard InChI is InChI=1S/C10H10N2O.ClH/c11-7-8-2-1-3-9(6-8)10-4-5-13-12-10;/h1-3,6,10,12H,4-5H2;1H/t10-;/m0./s1. The van der Waals surface area contributed by atoms with E-state index in [1.165, 1.54) is 0 Å².